The standard InChI is InChI=1S/C9H11ClO/c1-9(2,8(10)11)7-5-3-4-6-7/h3,5-6H,4H2,1-2H3. The maximum atomic E-state index is 10.9. The normalized spacial score (nSPS) is 16.8. The van der Waals surface area contributed by atoms with Gasteiger partial charge in [0.15, 0.2) is 0 Å². The van der Waals surface area contributed by atoms with Crippen LogP contribution in [0, 0.1) is 5.41 Å². The molecule has 1 aliphatic rings. The second-order valence-corrected chi connectivity index (χ2v) is 3.54. The first-order valence-electron chi connectivity index (χ1n) is 3.62. The van der Waals surface area contributed by atoms with Gasteiger partial charge in [-0.15, -0.1) is 0 Å². The van der Waals surface area contributed by atoms with Gasteiger partial charge in [0.1, 0.15) is 0 Å². The van der Waals surface area contributed by atoms with Gasteiger partial charge in [0.2, 0.25) is 5.24 Å². The van der Waals surface area contributed by atoms with E-state index in [1.807, 2.05) is 32.1 Å². The Labute approximate surface area is 71.7 Å². The SMILES string of the molecule is CC(C)(C(=O)Cl)C1=CCC=C1. The Morgan fingerprint density at radius 3 is 2.64 bits per heavy atom. The molecule has 1 rings (SSSR count). The lowest BCUT2D eigenvalue weighted by atomic mass is 9.86. The highest BCUT2D eigenvalue weighted by Gasteiger charge is 2.29. The Morgan fingerprint density at radius 1 is 1.64 bits per heavy atom. The Kier molecular flexibility index (Phi) is 2.19. The molecular formula is C9H11ClO. The summed E-state index contributed by atoms with van der Waals surface area (Å²) < 4.78 is 0. The molecule has 0 fully saturated rings. The zero-order chi connectivity index (χ0) is 8.48. The molecule has 60 valence electrons. The van der Waals surface area contributed by atoms with Crippen molar-refractivity contribution in [2.45, 2.75) is 20.3 Å². The summed E-state index contributed by atoms with van der Waals surface area (Å²) in [5.41, 5.74) is 0.506. The lowest BCUT2D eigenvalue weighted by Gasteiger charge is -2.19. The van der Waals surface area contributed by atoms with Crippen molar-refractivity contribution in [3.63, 3.8) is 0 Å². The molecular weight excluding hydrogens is 160 g/mol. The maximum Gasteiger partial charge on any atom is 0.231 e. The van der Waals surface area contributed by atoms with Crippen LogP contribution in [0.3, 0.4) is 0 Å². The lowest BCUT2D eigenvalue weighted by Crippen LogP contribution is -2.20. The van der Waals surface area contributed by atoms with Gasteiger partial charge in [-0.3, -0.25) is 4.79 Å². The van der Waals surface area contributed by atoms with E-state index in [0.29, 0.717) is 0 Å². The smallest absolute Gasteiger partial charge is 0.231 e. The van der Waals surface area contributed by atoms with Gasteiger partial charge in [0, 0.05) is 0 Å². The number of carbonyl (C=O) groups excluding carboxylic acids is 1. The fraction of sp³-hybridized carbons (Fsp3) is 0.444. The minimum absolute atomic E-state index is 0.296. The van der Waals surface area contributed by atoms with Gasteiger partial charge >= 0.3 is 0 Å². The summed E-state index contributed by atoms with van der Waals surface area (Å²) in [7, 11) is 0. The summed E-state index contributed by atoms with van der Waals surface area (Å²) >= 11 is 5.44. The molecule has 0 spiro atoms. The molecule has 0 saturated carbocycles. The number of carbonyl (C=O) groups is 1. The number of hydrogen-bond acceptors (Lipinski definition) is 1. The average molecular weight is 171 g/mol. The first-order valence-corrected chi connectivity index (χ1v) is 4.00. The third-order valence-corrected chi connectivity index (χ3v) is 2.46. The largest absolute Gasteiger partial charge is 0.280 e. The molecule has 0 amide bonds. The van der Waals surface area contributed by atoms with Gasteiger partial charge in [-0.2, -0.15) is 0 Å². The predicted molar refractivity (Wildman–Crippen MR) is 46.5 cm³/mol. The van der Waals surface area contributed by atoms with E-state index in [1.165, 1.54) is 0 Å². The summed E-state index contributed by atoms with van der Waals surface area (Å²) in [6.45, 7) is 3.67. The van der Waals surface area contributed by atoms with Crippen LogP contribution in [0.15, 0.2) is 23.8 Å². The third-order valence-electron chi connectivity index (χ3n) is 1.98. The van der Waals surface area contributed by atoms with Crippen molar-refractivity contribution in [2.75, 3.05) is 0 Å². The highest BCUT2D eigenvalue weighted by molar-refractivity contribution is 6.65. The van der Waals surface area contributed by atoms with Crippen LogP contribution in [-0.4, -0.2) is 5.24 Å². The highest BCUT2D eigenvalue weighted by Crippen LogP contribution is 2.32. The fourth-order valence-electron chi connectivity index (χ4n) is 1.04. The van der Waals surface area contributed by atoms with E-state index in [1.54, 1.807) is 0 Å². The van der Waals surface area contributed by atoms with Gasteiger partial charge < -0.3 is 0 Å². The zero-order valence-electron chi connectivity index (χ0n) is 6.73. The Bertz CT molecular complexity index is 236. The van der Waals surface area contributed by atoms with E-state index in [2.05, 4.69) is 0 Å². The van der Waals surface area contributed by atoms with Crippen LogP contribution in [0.4, 0.5) is 0 Å². The number of hydrogen-bond donors (Lipinski definition) is 0. The molecule has 0 heterocycles. The van der Waals surface area contributed by atoms with E-state index in [4.69, 9.17) is 11.6 Å². The number of rotatable bonds is 2. The Balaban J connectivity index is 2.88. The van der Waals surface area contributed by atoms with E-state index < -0.39 is 5.41 Å². The summed E-state index contributed by atoms with van der Waals surface area (Å²) in [6, 6.07) is 0. The Morgan fingerprint density at radius 2 is 2.27 bits per heavy atom. The molecule has 0 radical (unpaired) electrons. The van der Waals surface area contributed by atoms with Crippen molar-refractivity contribution in [3.05, 3.63) is 23.8 Å². The molecule has 0 atom stereocenters. The topological polar surface area (TPSA) is 17.1 Å². The maximum absolute atomic E-state index is 10.9. The monoisotopic (exact) mass is 170 g/mol. The van der Waals surface area contributed by atoms with E-state index >= 15 is 0 Å². The van der Waals surface area contributed by atoms with Crippen LogP contribution in [0.25, 0.3) is 0 Å². The third kappa shape index (κ3) is 1.54. The summed E-state index contributed by atoms with van der Waals surface area (Å²) in [6.07, 6.45) is 6.93. The molecule has 0 unspecified atom stereocenters. The van der Waals surface area contributed by atoms with Crippen molar-refractivity contribution in [1.29, 1.82) is 0 Å². The van der Waals surface area contributed by atoms with Gasteiger partial charge in [-0.1, -0.05) is 18.2 Å². The lowest BCUT2D eigenvalue weighted by molar-refractivity contribution is -0.117. The van der Waals surface area contributed by atoms with E-state index in [9.17, 15) is 4.79 Å². The summed E-state index contributed by atoms with van der Waals surface area (Å²) in [5.74, 6) is 0. The molecule has 1 aliphatic carbocycles. The van der Waals surface area contributed by atoms with Gasteiger partial charge in [-0.05, 0) is 37.4 Å². The van der Waals surface area contributed by atoms with Crippen LogP contribution in [0.5, 0.6) is 0 Å². The molecule has 0 aromatic heterocycles. The average Bonchev–Trinajstić information content (AvgIpc) is 2.37. The van der Waals surface area contributed by atoms with Gasteiger partial charge in [0.25, 0.3) is 0 Å². The van der Waals surface area contributed by atoms with Gasteiger partial charge in [-0.25, -0.2) is 0 Å². The molecule has 0 saturated heterocycles. The van der Waals surface area contributed by atoms with Crippen LogP contribution >= 0.6 is 11.6 Å². The molecule has 0 N–H and O–H groups in total. The summed E-state index contributed by atoms with van der Waals surface area (Å²) in [4.78, 5) is 10.9. The predicted octanol–water partition coefficient (Wildman–Crippen LogP) is 2.66. The van der Waals surface area contributed by atoms with Crippen molar-refractivity contribution in [2.24, 2.45) is 5.41 Å². The zero-order valence-corrected chi connectivity index (χ0v) is 7.48. The quantitative estimate of drug-likeness (QED) is 0.583. The number of halogens is 1. The van der Waals surface area contributed by atoms with E-state index in [0.717, 1.165) is 12.0 Å². The van der Waals surface area contributed by atoms with E-state index in [-0.39, 0.29) is 5.24 Å². The highest BCUT2D eigenvalue weighted by atomic mass is 35.5. The molecule has 0 aliphatic heterocycles. The first kappa shape index (κ1) is 8.54. The van der Waals surface area contributed by atoms with Crippen LogP contribution in [0.2, 0.25) is 0 Å². The van der Waals surface area contributed by atoms with Crippen molar-refractivity contribution in [1.82, 2.24) is 0 Å². The van der Waals surface area contributed by atoms with Crippen LogP contribution < -0.4 is 0 Å². The fourth-order valence-corrected chi connectivity index (χ4v) is 1.14. The van der Waals surface area contributed by atoms with Crippen molar-refractivity contribution >= 4 is 16.8 Å². The molecule has 1 nitrogen and oxygen atoms in total. The molecule has 0 aromatic rings. The second-order valence-electron chi connectivity index (χ2n) is 3.20. The molecule has 0 bridgehead atoms. The van der Waals surface area contributed by atoms with Crippen molar-refractivity contribution < 1.29 is 4.79 Å². The minimum atomic E-state index is -0.519. The second kappa shape index (κ2) is 2.82. The van der Waals surface area contributed by atoms with Crippen molar-refractivity contribution in [3.8, 4) is 0 Å². The first-order chi connectivity index (χ1) is 5.05. The molecule has 0 aromatic carbocycles. The number of allylic oxidation sites excluding steroid dienone is 4. The summed E-state index contributed by atoms with van der Waals surface area (Å²) in [5, 5.41) is -0.296. The molecule has 2 heteroatoms. The molecule has 11 heavy (non-hydrogen) atoms. The van der Waals surface area contributed by atoms with Crippen LogP contribution in [0.1, 0.15) is 20.3 Å². The van der Waals surface area contributed by atoms with Gasteiger partial charge in [0.05, 0.1) is 5.41 Å². The van der Waals surface area contributed by atoms with Crippen LogP contribution in [-0.2, 0) is 4.79 Å². The minimum Gasteiger partial charge on any atom is -0.280 e. The Hall–Kier alpha value is -0.560.